The lowest BCUT2D eigenvalue weighted by atomic mass is 10.0. The molecule has 1 unspecified atom stereocenters. The molecule has 92 valence electrons. The van der Waals surface area contributed by atoms with Crippen molar-refractivity contribution in [3.8, 4) is 0 Å². The fraction of sp³-hybridized carbons (Fsp3) is 0.286. The second kappa shape index (κ2) is 6.52. The molecule has 1 atom stereocenters. The lowest BCUT2D eigenvalue weighted by molar-refractivity contribution is 0.490. The van der Waals surface area contributed by atoms with Crippen molar-refractivity contribution in [1.29, 1.82) is 0 Å². The van der Waals surface area contributed by atoms with Crippen LogP contribution in [0.3, 0.4) is 0 Å². The van der Waals surface area contributed by atoms with Gasteiger partial charge in [-0.15, -0.1) is 0 Å². The van der Waals surface area contributed by atoms with Crippen LogP contribution in [0.5, 0.6) is 0 Å². The second-order valence-corrected chi connectivity index (χ2v) is 4.97. The number of rotatable bonds is 6. The topological polar surface area (TPSA) is 21.3 Å². The first-order valence-electron chi connectivity index (χ1n) is 5.46. The van der Waals surface area contributed by atoms with Gasteiger partial charge in [-0.25, -0.2) is 0 Å². The Hall–Kier alpha value is -1.19. The van der Waals surface area contributed by atoms with Gasteiger partial charge in [0.15, 0.2) is 0 Å². The van der Waals surface area contributed by atoms with Gasteiger partial charge in [-0.1, -0.05) is 31.7 Å². The fourth-order valence-corrected chi connectivity index (χ4v) is 1.81. The van der Waals surface area contributed by atoms with Gasteiger partial charge in [0, 0.05) is 34.2 Å². The third-order valence-electron chi connectivity index (χ3n) is 2.58. The zero-order valence-electron chi connectivity index (χ0n) is 10.6. The Morgan fingerprint density at radius 3 is 2.71 bits per heavy atom. The highest BCUT2D eigenvalue weighted by atomic mass is 32.2. The van der Waals surface area contributed by atoms with Crippen LogP contribution in [0.4, 0.5) is 5.69 Å². The highest BCUT2D eigenvalue weighted by Gasteiger charge is 2.07. The Balaban J connectivity index is 2.71. The molecule has 1 N–H and O–H groups in total. The molecule has 0 aliphatic carbocycles. The lowest BCUT2D eigenvalue weighted by Crippen LogP contribution is -2.08. The molecule has 0 aromatic heterocycles. The normalized spacial score (nSPS) is 11.9. The molecule has 17 heavy (non-hydrogen) atoms. The predicted octanol–water partition coefficient (Wildman–Crippen LogP) is 4.48. The van der Waals surface area contributed by atoms with E-state index in [2.05, 4.69) is 25.4 Å². The van der Waals surface area contributed by atoms with Crippen LogP contribution in [-0.2, 0) is 4.18 Å². The van der Waals surface area contributed by atoms with Crippen LogP contribution in [0.2, 0.25) is 0 Å². The molecular formula is C14H19NOS. The number of anilines is 1. The molecule has 0 heterocycles. The van der Waals surface area contributed by atoms with Crippen LogP contribution in [0.25, 0.3) is 0 Å². The third kappa shape index (κ3) is 4.29. The molecule has 0 fully saturated rings. The first-order chi connectivity index (χ1) is 8.04. The van der Waals surface area contributed by atoms with Gasteiger partial charge in [0.2, 0.25) is 0 Å². The number of hydrogen-bond donors (Lipinski definition) is 1. The Bertz CT molecular complexity index is 414. The summed E-state index contributed by atoms with van der Waals surface area (Å²) in [5.74, 6) is 0.258. The van der Waals surface area contributed by atoms with Gasteiger partial charge in [-0.3, -0.25) is 0 Å². The van der Waals surface area contributed by atoms with E-state index in [4.69, 9.17) is 4.18 Å². The minimum atomic E-state index is 0.258. The molecular weight excluding hydrogens is 230 g/mol. The van der Waals surface area contributed by atoms with Crippen LogP contribution in [-0.4, -0.2) is 7.11 Å². The Kier molecular flexibility index (Phi) is 5.32. The van der Waals surface area contributed by atoms with Crippen LogP contribution >= 0.6 is 12.0 Å². The number of benzene rings is 1. The van der Waals surface area contributed by atoms with E-state index >= 15 is 0 Å². The second-order valence-electron chi connectivity index (χ2n) is 4.00. The molecule has 0 spiro atoms. The molecule has 0 amide bonds. The van der Waals surface area contributed by atoms with Crippen LogP contribution in [0.15, 0.2) is 53.6 Å². The average molecular weight is 249 g/mol. The summed E-state index contributed by atoms with van der Waals surface area (Å²) in [6, 6.07) is 8.03. The van der Waals surface area contributed by atoms with E-state index in [1.807, 2.05) is 31.2 Å². The maximum absolute atomic E-state index is 5.03. The van der Waals surface area contributed by atoms with Gasteiger partial charge in [0.1, 0.15) is 0 Å². The predicted molar refractivity (Wildman–Crippen MR) is 76.0 cm³/mol. The number of hydrogen-bond acceptors (Lipinski definition) is 3. The summed E-state index contributed by atoms with van der Waals surface area (Å²) in [5, 5.41) is 3.30. The monoisotopic (exact) mass is 249 g/mol. The van der Waals surface area contributed by atoms with Crippen molar-refractivity contribution in [3.63, 3.8) is 0 Å². The SMILES string of the molecule is C=C(C)C(C)C(=C)Nc1cccc(SOC)c1. The summed E-state index contributed by atoms with van der Waals surface area (Å²) >= 11 is 1.34. The molecule has 0 saturated carbocycles. The molecule has 3 heteroatoms. The minimum Gasteiger partial charge on any atom is -0.359 e. The van der Waals surface area contributed by atoms with E-state index in [1.54, 1.807) is 7.11 Å². The summed E-state index contributed by atoms with van der Waals surface area (Å²) in [7, 11) is 1.66. The lowest BCUT2D eigenvalue weighted by Gasteiger charge is -2.17. The summed E-state index contributed by atoms with van der Waals surface area (Å²) in [4.78, 5) is 1.06. The molecule has 0 aliphatic heterocycles. The highest BCUT2D eigenvalue weighted by Crippen LogP contribution is 2.24. The summed E-state index contributed by atoms with van der Waals surface area (Å²) < 4.78 is 5.03. The summed E-state index contributed by atoms with van der Waals surface area (Å²) in [6.45, 7) is 12.1. The molecule has 0 radical (unpaired) electrons. The first-order valence-corrected chi connectivity index (χ1v) is 6.20. The number of allylic oxidation sites excluding steroid dienone is 1. The molecule has 0 saturated heterocycles. The van der Waals surface area contributed by atoms with E-state index in [1.165, 1.54) is 12.0 Å². The highest BCUT2D eigenvalue weighted by molar-refractivity contribution is 7.94. The van der Waals surface area contributed by atoms with Crippen LogP contribution in [0.1, 0.15) is 13.8 Å². The van der Waals surface area contributed by atoms with E-state index in [0.717, 1.165) is 21.9 Å². The van der Waals surface area contributed by atoms with Crippen molar-refractivity contribution in [3.05, 3.63) is 48.7 Å². The van der Waals surface area contributed by atoms with Crippen LogP contribution in [0, 0.1) is 5.92 Å². The van der Waals surface area contributed by atoms with Gasteiger partial charge >= 0.3 is 0 Å². The summed E-state index contributed by atoms with van der Waals surface area (Å²) in [5.41, 5.74) is 3.08. The van der Waals surface area contributed by atoms with E-state index in [9.17, 15) is 0 Å². The summed E-state index contributed by atoms with van der Waals surface area (Å²) in [6.07, 6.45) is 0. The van der Waals surface area contributed by atoms with E-state index < -0.39 is 0 Å². The van der Waals surface area contributed by atoms with Crippen molar-refractivity contribution in [1.82, 2.24) is 0 Å². The molecule has 0 aliphatic rings. The van der Waals surface area contributed by atoms with E-state index in [-0.39, 0.29) is 5.92 Å². The zero-order chi connectivity index (χ0) is 12.8. The smallest absolute Gasteiger partial charge is 0.0508 e. The van der Waals surface area contributed by atoms with Crippen molar-refractivity contribution in [2.45, 2.75) is 18.7 Å². The van der Waals surface area contributed by atoms with Crippen molar-refractivity contribution < 1.29 is 4.18 Å². The fourth-order valence-electron chi connectivity index (χ4n) is 1.31. The molecule has 1 aromatic rings. The Labute approximate surface area is 108 Å². The van der Waals surface area contributed by atoms with Gasteiger partial charge in [0.25, 0.3) is 0 Å². The van der Waals surface area contributed by atoms with Gasteiger partial charge in [-0.2, -0.15) is 0 Å². The molecule has 1 aromatic carbocycles. The molecule has 2 nitrogen and oxygen atoms in total. The Morgan fingerprint density at radius 2 is 2.12 bits per heavy atom. The first kappa shape index (κ1) is 13.9. The van der Waals surface area contributed by atoms with Gasteiger partial charge in [0.05, 0.1) is 7.11 Å². The molecule has 1 rings (SSSR count). The largest absolute Gasteiger partial charge is 0.359 e. The maximum Gasteiger partial charge on any atom is 0.0508 e. The number of nitrogens with one attached hydrogen (secondary N) is 1. The average Bonchev–Trinajstić information content (AvgIpc) is 2.28. The third-order valence-corrected chi connectivity index (χ3v) is 3.19. The van der Waals surface area contributed by atoms with Crippen molar-refractivity contribution in [2.75, 3.05) is 12.4 Å². The van der Waals surface area contributed by atoms with Crippen molar-refractivity contribution in [2.24, 2.45) is 5.92 Å². The van der Waals surface area contributed by atoms with Gasteiger partial charge < -0.3 is 9.50 Å². The van der Waals surface area contributed by atoms with Crippen molar-refractivity contribution >= 4 is 17.7 Å². The maximum atomic E-state index is 5.03. The molecule has 0 bridgehead atoms. The minimum absolute atomic E-state index is 0.258. The van der Waals surface area contributed by atoms with E-state index in [0.29, 0.717) is 0 Å². The standard InChI is InChI=1S/C14H19NOS/c1-10(2)11(3)12(4)15-13-7-6-8-14(9-13)17-16-5/h6-9,11,15H,1,4H2,2-3,5H3. The zero-order valence-corrected chi connectivity index (χ0v) is 11.4. The quantitative estimate of drug-likeness (QED) is 0.593. The van der Waals surface area contributed by atoms with Crippen LogP contribution < -0.4 is 5.32 Å². The van der Waals surface area contributed by atoms with Gasteiger partial charge in [-0.05, 0) is 25.1 Å². The Morgan fingerprint density at radius 1 is 1.41 bits per heavy atom.